The van der Waals surface area contributed by atoms with Gasteiger partial charge in [0.1, 0.15) is 0 Å². The van der Waals surface area contributed by atoms with E-state index in [0.717, 1.165) is 10.4 Å². The Kier molecular flexibility index (Phi) is 7.58. The molecule has 0 radical (unpaired) electrons. The van der Waals surface area contributed by atoms with E-state index in [1.807, 2.05) is 36.4 Å². The van der Waals surface area contributed by atoms with Gasteiger partial charge in [0.15, 0.2) is 0 Å². The molecule has 0 heterocycles. The van der Waals surface area contributed by atoms with Crippen LogP contribution < -0.4 is 15.7 Å². The largest absolute Gasteiger partial charge is 0.481 e. The van der Waals surface area contributed by atoms with Crippen molar-refractivity contribution in [2.45, 2.75) is 38.3 Å². The third-order valence-electron chi connectivity index (χ3n) is 4.85. The number of carboxylic acids is 1. The number of ether oxygens (including phenoxy) is 1. The van der Waals surface area contributed by atoms with Gasteiger partial charge in [-0.15, -0.1) is 0 Å². The molecule has 0 aliphatic carbocycles. The smallest absolute Gasteiger partial charge is 0.407 e. The average molecular weight is 416 g/mol. The molecule has 1 amide bonds. The Balaban J connectivity index is 2.49. The van der Waals surface area contributed by atoms with Crippen molar-refractivity contribution in [2.75, 3.05) is 13.7 Å². The van der Waals surface area contributed by atoms with Gasteiger partial charge in [-0.1, -0.05) is 81.4 Å². The molecule has 2 rings (SSSR count). The molecule has 0 aromatic heterocycles. The molecular weight excluding hydrogens is 386 g/mol. The lowest BCUT2D eigenvalue weighted by atomic mass is 10.2. The molecular formula is C22H29NO5Si. The normalized spacial score (nSPS) is 12.8. The average Bonchev–Trinajstić information content (AvgIpc) is 2.68. The van der Waals surface area contributed by atoms with E-state index in [4.69, 9.17) is 4.43 Å². The first kappa shape index (κ1) is 22.6. The summed E-state index contributed by atoms with van der Waals surface area (Å²) in [6.45, 7) is 6.48. The van der Waals surface area contributed by atoms with Crippen LogP contribution in [0.1, 0.15) is 27.2 Å². The van der Waals surface area contributed by atoms with Crippen LogP contribution in [0.15, 0.2) is 60.7 Å². The van der Waals surface area contributed by atoms with Crippen LogP contribution in [0.25, 0.3) is 0 Å². The molecule has 0 fully saturated rings. The summed E-state index contributed by atoms with van der Waals surface area (Å²) in [5, 5.41) is 13.8. The molecule has 0 spiro atoms. The molecule has 2 aromatic carbocycles. The van der Waals surface area contributed by atoms with E-state index in [2.05, 4.69) is 55.1 Å². The van der Waals surface area contributed by atoms with E-state index in [-0.39, 0.29) is 18.1 Å². The lowest BCUT2D eigenvalue weighted by Crippen LogP contribution is -2.67. The Morgan fingerprint density at radius 1 is 1.00 bits per heavy atom. The van der Waals surface area contributed by atoms with Gasteiger partial charge in [-0.25, -0.2) is 4.79 Å². The fourth-order valence-electron chi connectivity index (χ4n) is 3.58. The number of rotatable bonds is 8. The van der Waals surface area contributed by atoms with Gasteiger partial charge in [0.05, 0.1) is 26.2 Å². The summed E-state index contributed by atoms with van der Waals surface area (Å²) >= 11 is 0. The van der Waals surface area contributed by atoms with Gasteiger partial charge < -0.3 is 19.6 Å². The van der Waals surface area contributed by atoms with Crippen molar-refractivity contribution in [1.82, 2.24) is 5.32 Å². The summed E-state index contributed by atoms with van der Waals surface area (Å²) in [6.07, 6.45) is -0.935. The Hall–Kier alpha value is -2.64. The maximum atomic E-state index is 11.7. The van der Waals surface area contributed by atoms with Crippen LogP contribution in [-0.2, 0) is 14.0 Å². The Labute approximate surface area is 173 Å². The van der Waals surface area contributed by atoms with Crippen LogP contribution in [0.4, 0.5) is 4.79 Å². The number of amides is 1. The molecule has 0 unspecified atom stereocenters. The summed E-state index contributed by atoms with van der Waals surface area (Å²) in [5.74, 6) is -1.02. The second kappa shape index (κ2) is 9.71. The topological polar surface area (TPSA) is 84.9 Å². The van der Waals surface area contributed by atoms with Gasteiger partial charge in [0.2, 0.25) is 0 Å². The number of alkyl carbamates (subject to hydrolysis) is 1. The molecule has 1 atom stereocenters. The second-order valence-electron chi connectivity index (χ2n) is 7.90. The monoisotopic (exact) mass is 415 g/mol. The standard InChI is InChI=1S/C22H29NO5Si/c1-22(2,3)29(18-11-7-5-8-12-18,19-13-9-6-10-14-19)28-16-17(15-20(24)25)23-21(26)27-4/h5-14,17H,15-16H2,1-4H3,(H,23,26)(H,24,25)/t17-/m0/s1. The van der Waals surface area contributed by atoms with Gasteiger partial charge in [-0.3, -0.25) is 4.79 Å². The molecule has 0 bridgehead atoms. The second-order valence-corrected chi connectivity index (χ2v) is 12.2. The first-order valence-electron chi connectivity index (χ1n) is 9.52. The van der Waals surface area contributed by atoms with Crippen molar-refractivity contribution in [2.24, 2.45) is 0 Å². The minimum atomic E-state index is -2.81. The zero-order valence-corrected chi connectivity index (χ0v) is 18.3. The minimum Gasteiger partial charge on any atom is -0.481 e. The number of nitrogens with one attached hydrogen (secondary N) is 1. The number of hydrogen-bond acceptors (Lipinski definition) is 4. The van der Waals surface area contributed by atoms with Crippen LogP contribution in [0, 0.1) is 0 Å². The van der Waals surface area contributed by atoms with Crippen LogP contribution in [0.3, 0.4) is 0 Å². The van der Waals surface area contributed by atoms with Crippen molar-refractivity contribution in [3.63, 3.8) is 0 Å². The van der Waals surface area contributed by atoms with Crippen LogP contribution in [0.2, 0.25) is 5.04 Å². The van der Waals surface area contributed by atoms with Gasteiger partial charge in [0, 0.05) is 0 Å². The first-order valence-corrected chi connectivity index (χ1v) is 11.4. The highest BCUT2D eigenvalue weighted by atomic mass is 28.4. The number of carboxylic acid groups (broad SMARTS) is 1. The first-order chi connectivity index (χ1) is 13.7. The molecule has 2 aromatic rings. The SMILES string of the molecule is COC(=O)N[C@H](CO[Si](c1ccccc1)(c1ccccc1)C(C)(C)C)CC(=O)O. The van der Waals surface area contributed by atoms with E-state index >= 15 is 0 Å². The molecule has 0 aliphatic rings. The van der Waals surface area contributed by atoms with Crippen LogP contribution in [0.5, 0.6) is 0 Å². The molecule has 6 nitrogen and oxygen atoms in total. The highest BCUT2D eigenvalue weighted by Crippen LogP contribution is 2.36. The van der Waals surface area contributed by atoms with Gasteiger partial charge >= 0.3 is 12.1 Å². The van der Waals surface area contributed by atoms with E-state index in [9.17, 15) is 14.7 Å². The highest BCUT2D eigenvalue weighted by molar-refractivity contribution is 6.99. The van der Waals surface area contributed by atoms with Crippen LogP contribution >= 0.6 is 0 Å². The molecule has 156 valence electrons. The van der Waals surface area contributed by atoms with E-state index in [1.54, 1.807) is 0 Å². The van der Waals surface area contributed by atoms with E-state index < -0.39 is 26.4 Å². The summed E-state index contributed by atoms with van der Waals surface area (Å²) in [5.41, 5.74) is 0. The summed E-state index contributed by atoms with van der Waals surface area (Å²) < 4.78 is 11.3. The number of methoxy groups -OCH3 is 1. The van der Waals surface area contributed by atoms with Crippen molar-refractivity contribution in [3.8, 4) is 0 Å². The number of carbonyl (C=O) groups is 2. The summed E-state index contributed by atoms with van der Waals surface area (Å²) in [7, 11) is -1.56. The predicted molar refractivity (Wildman–Crippen MR) is 115 cm³/mol. The quantitative estimate of drug-likeness (QED) is 0.648. The number of carbonyl (C=O) groups excluding carboxylic acids is 1. The molecule has 0 aliphatic heterocycles. The summed E-state index contributed by atoms with van der Waals surface area (Å²) in [4.78, 5) is 23.0. The fraction of sp³-hybridized carbons (Fsp3) is 0.364. The molecule has 0 saturated heterocycles. The van der Waals surface area contributed by atoms with Gasteiger partial charge in [-0.2, -0.15) is 0 Å². The van der Waals surface area contributed by atoms with E-state index in [0.29, 0.717) is 0 Å². The maximum Gasteiger partial charge on any atom is 0.407 e. The van der Waals surface area contributed by atoms with Crippen molar-refractivity contribution in [3.05, 3.63) is 60.7 Å². The van der Waals surface area contributed by atoms with E-state index in [1.165, 1.54) is 7.11 Å². The zero-order valence-electron chi connectivity index (χ0n) is 17.3. The predicted octanol–water partition coefficient (Wildman–Crippen LogP) is 2.76. The van der Waals surface area contributed by atoms with Crippen molar-refractivity contribution in [1.29, 1.82) is 0 Å². The zero-order chi connectivity index (χ0) is 21.5. The summed E-state index contributed by atoms with van der Waals surface area (Å²) in [6, 6.07) is 19.4. The number of hydrogen-bond donors (Lipinski definition) is 2. The number of benzene rings is 2. The third kappa shape index (κ3) is 5.46. The van der Waals surface area contributed by atoms with Crippen LogP contribution in [-0.4, -0.2) is 45.2 Å². The van der Waals surface area contributed by atoms with Crippen molar-refractivity contribution < 1.29 is 23.9 Å². The lowest BCUT2D eigenvalue weighted by molar-refractivity contribution is -0.137. The lowest BCUT2D eigenvalue weighted by Gasteiger charge is -2.43. The fourth-order valence-corrected chi connectivity index (χ4v) is 8.18. The minimum absolute atomic E-state index is 0.0642. The van der Waals surface area contributed by atoms with Crippen molar-refractivity contribution >= 4 is 30.8 Å². The molecule has 0 saturated carbocycles. The number of aliphatic carboxylic acids is 1. The van der Waals surface area contributed by atoms with Gasteiger partial charge in [-0.05, 0) is 15.4 Å². The molecule has 7 heteroatoms. The molecule has 2 N–H and O–H groups in total. The maximum absolute atomic E-state index is 11.7. The van der Waals surface area contributed by atoms with Gasteiger partial charge in [0.25, 0.3) is 8.32 Å². The molecule has 29 heavy (non-hydrogen) atoms. The third-order valence-corrected chi connectivity index (χ3v) is 9.85. The Bertz CT molecular complexity index is 765. The highest BCUT2D eigenvalue weighted by Gasteiger charge is 2.50. The Morgan fingerprint density at radius 2 is 1.48 bits per heavy atom. The Morgan fingerprint density at radius 3 is 1.86 bits per heavy atom.